The summed E-state index contributed by atoms with van der Waals surface area (Å²) in [7, 11) is 1.55. The van der Waals surface area contributed by atoms with Crippen LogP contribution in [0.1, 0.15) is 22.3 Å². The van der Waals surface area contributed by atoms with E-state index >= 15 is 0 Å². The van der Waals surface area contributed by atoms with E-state index < -0.39 is 0 Å². The van der Waals surface area contributed by atoms with E-state index in [9.17, 15) is 4.79 Å². The second-order valence-electron chi connectivity index (χ2n) is 3.83. The van der Waals surface area contributed by atoms with Crippen molar-refractivity contribution in [3.8, 4) is 5.88 Å². The van der Waals surface area contributed by atoms with Gasteiger partial charge in [0.05, 0.1) is 7.11 Å². The average Bonchev–Trinajstić information content (AvgIpc) is 2.94. The molecule has 0 aromatic carbocycles. The first-order valence-corrected chi connectivity index (χ1v) is 6.89. The normalized spacial score (nSPS) is 10.1. The fraction of sp³-hybridized carbons (Fsp3) is 0.333. The number of methoxy groups -OCH3 is 1. The van der Waals surface area contributed by atoms with Gasteiger partial charge in [0, 0.05) is 25.4 Å². The van der Waals surface area contributed by atoms with E-state index in [2.05, 4.69) is 25.8 Å². The Kier molecular flexibility index (Phi) is 4.83. The van der Waals surface area contributed by atoms with E-state index in [0.29, 0.717) is 22.6 Å². The minimum atomic E-state index is -0.248. The summed E-state index contributed by atoms with van der Waals surface area (Å²) in [5.74, 6) is 0.268. The predicted octanol–water partition coefficient (Wildman–Crippen LogP) is 1.30. The van der Waals surface area contributed by atoms with Crippen molar-refractivity contribution in [1.82, 2.24) is 20.5 Å². The van der Waals surface area contributed by atoms with E-state index in [1.807, 2.05) is 13.0 Å². The van der Waals surface area contributed by atoms with Gasteiger partial charge >= 0.3 is 0 Å². The van der Waals surface area contributed by atoms with Crippen molar-refractivity contribution in [2.45, 2.75) is 13.5 Å². The Bertz CT molecular complexity index is 587. The molecule has 0 unspecified atom stereocenters. The van der Waals surface area contributed by atoms with Crippen LogP contribution in [0.15, 0.2) is 18.3 Å². The van der Waals surface area contributed by atoms with Crippen molar-refractivity contribution < 1.29 is 9.53 Å². The third-order valence-corrected chi connectivity index (χ3v) is 3.29. The van der Waals surface area contributed by atoms with E-state index in [0.717, 1.165) is 12.1 Å². The molecular formula is C12H15N5O2S. The van der Waals surface area contributed by atoms with Crippen LogP contribution < -0.4 is 15.4 Å². The Morgan fingerprint density at radius 2 is 2.30 bits per heavy atom. The monoisotopic (exact) mass is 293 g/mol. The number of anilines is 1. The fourth-order valence-corrected chi connectivity index (χ4v) is 2.20. The standard InChI is InChI=1S/C12H15N5O2S/c1-3-13-12-17-16-11(20-12)10(18)15-7-8-4-5-14-9(6-8)19-2/h4-6H,3,7H2,1-2H3,(H,13,17)(H,15,18). The van der Waals surface area contributed by atoms with Crippen LogP contribution in [0, 0.1) is 0 Å². The second kappa shape index (κ2) is 6.80. The van der Waals surface area contributed by atoms with E-state index in [1.54, 1.807) is 19.4 Å². The number of carbonyl (C=O) groups excluding carboxylic acids is 1. The van der Waals surface area contributed by atoms with Crippen molar-refractivity contribution in [1.29, 1.82) is 0 Å². The van der Waals surface area contributed by atoms with Crippen molar-refractivity contribution >= 4 is 22.4 Å². The van der Waals surface area contributed by atoms with Crippen LogP contribution in [0.4, 0.5) is 5.13 Å². The molecule has 0 aliphatic rings. The number of nitrogens with one attached hydrogen (secondary N) is 2. The second-order valence-corrected chi connectivity index (χ2v) is 4.81. The number of carbonyl (C=O) groups is 1. The van der Waals surface area contributed by atoms with Crippen LogP contribution in [-0.4, -0.2) is 34.7 Å². The van der Waals surface area contributed by atoms with Gasteiger partial charge in [-0.15, -0.1) is 10.2 Å². The largest absolute Gasteiger partial charge is 0.481 e. The Morgan fingerprint density at radius 1 is 1.45 bits per heavy atom. The zero-order valence-electron chi connectivity index (χ0n) is 11.2. The maximum atomic E-state index is 11.9. The summed E-state index contributed by atoms with van der Waals surface area (Å²) in [6.07, 6.45) is 1.63. The maximum absolute atomic E-state index is 11.9. The van der Waals surface area contributed by atoms with Crippen LogP contribution in [-0.2, 0) is 6.54 Å². The minimum absolute atomic E-state index is 0.248. The third-order valence-electron chi connectivity index (χ3n) is 2.41. The van der Waals surface area contributed by atoms with Crippen LogP contribution in [0.3, 0.4) is 0 Å². The van der Waals surface area contributed by atoms with Gasteiger partial charge in [0.15, 0.2) is 0 Å². The lowest BCUT2D eigenvalue weighted by atomic mass is 10.2. The Labute approximate surface area is 120 Å². The number of hydrogen-bond donors (Lipinski definition) is 2. The molecule has 2 rings (SSSR count). The molecule has 2 N–H and O–H groups in total. The van der Waals surface area contributed by atoms with Crippen molar-refractivity contribution in [2.24, 2.45) is 0 Å². The SMILES string of the molecule is CCNc1nnc(C(=O)NCc2ccnc(OC)c2)s1. The van der Waals surface area contributed by atoms with Crippen molar-refractivity contribution in [3.05, 3.63) is 28.9 Å². The van der Waals surface area contributed by atoms with E-state index in [4.69, 9.17) is 4.74 Å². The average molecular weight is 293 g/mol. The molecule has 0 aliphatic heterocycles. The van der Waals surface area contributed by atoms with Gasteiger partial charge in [-0.1, -0.05) is 11.3 Å². The first-order valence-electron chi connectivity index (χ1n) is 6.07. The van der Waals surface area contributed by atoms with Gasteiger partial charge in [-0.05, 0) is 18.6 Å². The lowest BCUT2D eigenvalue weighted by Crippen LogP contribution is -2.22. The van der Waals surface area contributed by atoms with Crippen molar-refractivity contribution in [3.63, 3.8) is 0 Å². The van der Waals surface area contributed by atoms with E-state index in [1.165, 1.54) is 11.3 Å². The molecule has 0 atom stereocenters. The van der Waals surface area contributed by atoms with Crippen molar-refractivity contribution in [2.75, 3.05) is 19.0 Å². The molecule has 0 fully saturated rings. The molecule has 20 heavy (non-hydrogen) atoms. The highest BCUT2D eigenvalue weighted by molar-refractivity contribution is 7.17. The quantitative estimate of drug-likeness (QED) is 0.834. The molecule has 2 heterocycles. The smallest absolute Gasteiger partial charge is 0.282 e. The summed E-state index contributed by atoms with van der Waals surface area (Å²) in [4.78, 5) is 15.9. The zero-order chi connectivity index (χ0) is 14.4. The lowest BCUT2D eigenvalue weighted by Gasteiger charge is -2.04. The molecule has 2 aromatic heterocycles. The summed E-state index contributed by atoms with van der Waals surface area (Å²) >= 11 is 1.23. The summed E-state index contributed by atoms with van der Waals surface area (Å²) in [6.45, 7) is 3.08. The number of amides is 1. The van der Waals surface area contributed by atoms with Gasteiger partial charge in [0.2, 0.25) is 16.0 Å². The van der Waals surface area contributed by atoms with Gasteiger partial charge in [-0.25, -0.2) is 4.98 Å². The van der Waals surface area contributed by atoms with Crippen LogP contribution in [0.25, 0.3) is 0 Å². The predicted molar refractivity (Wildman–Crippen MR) is 76.0 cm³/mol. The summed E-state index contributed by atoms with van der Waals surface area (Å²) in [6, 6.07) is 3.58. The van der Waals surface area contributed by atoms with Gasteiger partial charge in [0.1, 0.15) is 0 Å². The molecule has 0 aliphatic carbocycles. The Morgan fingerprint density at radius 3 is 3.05 bits per heavy atom. The molecule has 0 saturated carbocycles. The number of ether oxygens (including phenoxy) is 1. The third kappa shape index (κ3) is 3.64. The molecule has 106 valence electrons. The van der Waals surface area contributed by atoms with Gasteiger partial charge < -0.3 is 15.4 Å². The fourth-order valence-electron chi connectivity index (χ4n) is 1.47. The number of aromatic nitrogens is 3. The van der Waals surface area contributed by atoms with Gasteiger partial charge in [-0.3, -0.25) is 4.79 Å². The Hall–Kier alpha value is -2.22. The molecule has 8 heteroatoms. The van der Waals surface area contributed by atoms with Gasteiger partial charge in [-0.2, -0.15) is 0 Å². The van der Waals surface area contributed by atoms with Crippen LogP contribution >= 0.6 is 11.3 Å². The molecule has 2 aromatic rings. The highest BCUT2D eigenvalue weighted by Crippen LogP contribution is 2.15. The first kappa shape index (κ1) is 14.2. The molecule has 0 spiro atoms. The van der Waals surface area contributed by atoms with Crippen LogP contribution in [0.5, 0.6) is 5.88 Å². The topological polar surface area (TPSA) is 89.0 Å². The molecule has 1 amide bonds. The Balaban J connectivity index is 1.93. The van der Waals surface area contributed by atoms with Gasteiger partial charge in [0.25, 0.3) is 5.91 Å². The molecular weight excluding hydrogens is 278 g/mol. The molecule has 0 saturated heterocycles. The minimum Gasteiger partial charge on any atom is -0.481 e. The molecule has 0 bridgehead atoms. The lowest BCUT2D eigenvalue weighted by molar-refractivity contribution is 0.0949. The summed E-state index contributed by atoms with van der Waals surface area (Å²) < 4.78 is 5.02. The highest BCUT2D eigenvalue weighted by atomic mass is 32.1. The number of rotatable bonds is 6. The number of pyridine rings is 1. The number of hydrogen-bond acceptors (Lipinski definition) is 7. The summed E-state index contributed by atoms with van der Waals surface area (Å²) in [5, 5.41) is 14.5. The highest BCUT2D eigenvalue weighted by Gasteiger charge is 2.12. The first-order chi connectivity index (χ1) is 9.72. The number of nitrogens with zero attached hydrogens (tertiary/aromatic N) is 3. The molecule has 0 radical (unpaired) electrons. The van der Waals surface area contributed by atoms with Crippen LogP contribution in [0.2, 0.25) is 0 Å². The zero-order valence-corrected chi connectivity index (χ0v) is 12.0. The maximum Gasteiger partial charge on any atom is 0.282 e. The van der Waals surface area contributed by atoms with E-state index in [-0.39, 0.29) is 5.91 Å². The molecule has 7 nitrogen and oxygen atoms in total. The summed E-state index contributed by atoms with van der Waals surface area (Å²) in [5.41, 5.74) is 0.904.